The Morgan fingerprint density at radius 2 is 1.93 bits per heavy atom. The van der Waals surface area contributed by atoms with Gasteiger partial charge in [0, 0.05) is 11.9 Å². The number of nitrogens with zero attached hydrogens (tertiary/aromatic N) is 2. The van der Waals surface area contributed by atoms with E-state index in [0.717, 1.165) is 33.9 Å². The molecule has 0 bridgehead atoms. The Morgan fingerprint density at radius 1 is 1.11 bits per heavy atom. The molecular formula is C22H20N2O3S. The standard InChI is InChI=1S/C22H20N2O3S/c1-4-14-8-5-6-11-18(14)27-22-23-17-13-19(28-20(17)21(25)24(22)2)15-9-7-10-16(12-15)26-3/h5-13H,4H2,1-3H3. The third-order valence-corrected chi connectivity index (χ3v) is 5.78. The molecule has 2 aromatic carbocycles. The first-order valence-electron chi connectivity index (χ1n) is 9.01. The third-order valence-electron chi connectivity index (χ3n) is 4.62. The van der Waals surface area contributed by atoms with Crippen LogP contribution in [0.4, 0.5) is 0 Å². The van der Waals surface area contributed by atoms with E-state index < -0.39 is 0 Å². The number of fused-ring (bicyclic) bond motifs is 1. The molecular weight excluding hydrogens is 372 g/mol. The number of methoxy groups -OCH3 is 1. The highest BCUT2D eigenvalue weighted by Gasteiger charge is 2.15. The fourth-order valence-electron chi connectivity index (χ4n) is 3.04. The Balaban J connectivity index is 1.80. The zero-order chi connectivity index (χ0) is 19.7. The normalized spacial score (nSPS) is 11.0. The molecule has 142 valence electrons. The highest BCUT2D eigenvalue weighted by Crippen LogP contribution is 2.34. The highest BCUT2D eigenvalue weighted by atomic mass is 32.1. The van der Waals surface area contributed by atoms with Crippen molar-refractivity contribution in [2.45, 2.75) is 13.3 Å². The number of aryl methyl sites for hydroxylation is 1. The van der Waals surface area contributed by atoms with Crippen LogP contribution in [0.3, 0.4) is 0 Å². The van der Waals surface area contributed by atoms with Gasteiger partial charge < -0.3 is 9.47 Å². The molecule has 0 fully saturated rings. The Hall–Kier alpha value is -3.12. The molecule has 0 spiro atoms. The van der Waals surface area contributed by atoms with Crippen LogP contribution in [0.25, 0.3) is 20.7 Å². The summed E-state index contributed by atoms with van der Waals surface area (Å²) in [7, 11) is 3.32. The molecule has 0 atom stereocenters. The number of aromatic nitrogens is 2. The average Bonchev–Trinajstić information content (AvgIpc) is 3.16. The molecule has 0 saturated heterocycles. The predicted molar refractivity (Wildman–Crippen MR) is 113 cm³/mol. The minimum atomic E-state index is -0.117. The quantitative estimate of drug-likeness (QED) is 0.478. The van der Waals surface area contributed by atoms with Crippen molar-refractivity contribution >= 4 is 21.6 Å². The van der Waals surface area contributed by atoms with Crippen molar-refractivity contribution in [3.8, 4) is 28.0 Å². The van der Waals surface area contributed by atoms with Crippen LogP contribution in [-0.2, 0) is 13.5 Å². The summed E-state index contributed by atoms with van der Waals surface area (Å²) in [6.07, 6.45) is 0.838. The van der Waals surface area contributed by atoms with E-state index in [1.807, 2.05) is 54.6 Å². The largest absolute Gasteiger partial charge is 0.497 e. The lowest BCUT2D eigenvalue weighted by molar-refractivity contribution is 0.412. The summed E-state index contributed by atoms with van der Waals surface area (Å²) in [6.45, 7) is 2.07. The van der Waals surface area contributed by atoms with Crippen LogP contribution in [0.1, 0.15) is 12.5 Å². The minimum Gasteiger partial charge on any atom is -0.497 e. The molecule has 6 heteroatoms. The lowest BCUT2D eigenvalue weighted by Gasteiger charge is -2.11. The van der Waals surface area contributed by atoms with E-state index in [2.05, 4.69) is 11.9 Å². The van der Waals surface area contributed by atoms with Gasteiger partial charge in [-0.3, -0.25) is 9.36 Å². The van der Waals surface area contributed by atoms with Gasteiger partial charge in [0.15, 0.2) is 0 Å². The molecule has 0 unspecified atom stereocenters. The lowest BCUT2D eigenvalue weighted by atomic mass is 10.1. The number of benzene rings is 2. The summed E-state index contributed by atoms with van der Waals surface area (Å²) < 4.78 is 13.4. The van der Waals surface area contributed by atoms with Crippen LogP contribution in [0, 0.1) is 0 Å². The first-order chi connectivity index (χ1) is 13.6. The molecule has 2 heterocycles. The molecule has 0 N–H and O–H groups in total. The smallest absolute Gasteiger partial charge is 0.305 e. The molecule has 4 rings (SSSR count). The first-order valence-corrected chi connectivity index (χ1v) is 9.83. The van der Waals surface area contributed by atoms with E-state index in [1.54, 1.807) is 14.2 Å². The topological polar surface area (TPSA) is 53.4 Å². The van der Waals surface area contributed by atoms with Gasteiger partial charge in [0.05, 0.1) is 12.6 Å². The molecule has 5 nitrogen and oxygen atoms in total. The van der Waals surface area contributed by atoms with Gasteiger partial charge in [-0.25, -0.2) is 0 Å². The van der Waals surface area contributed by atoms with Crippen molar-refractivity contribution in [3.05, 3.63) is 70.5 Å². The van der Waals surface area contributed by atoms with E-state index in [1.165, 1.54) is 15.9 Å². The molecule has 4 aromatic rings. The Kier molecular flexibility index (Phi) is 4.88. The van der Waals surface area contributed by atoms with Crippen LogP contribution < -0.4 is 15.0 Å². The molecule has 28 heavy (non-hydrogen) atoms. The van der Waals surface area contributed by atoms with Crippen LogP contribution in [0.15, 0.2) is 59.4 Å². The summed E-state index contributed by atoms with van der Waals surface area (Å²) in [5.41, 5.74) is 2.57. The SMILES string of the molecule is CCc1ccccc1Oc1nc2cc(-c3cccc(OC)c3)sc2c(=O)n1C. The number of hydrogen-bond donors (Lipinski definition) is 0. The van der Waals surface area contributed by atoms with Gasteiger partial charge in [-0.1, -0.05) is 37.3 Å². The highest BCUT2D eigenvalue weighted by molar-refractivity contribution is 7.22. The summed E-state index contributed by atoms with van der Waals surface area (Å²) >= 11 is 1.43. The maximum Gasteiger partial charge on any atom is 0.305 e. The molecule has 0 aliphatic rings. The van der Waals surface area contributed by atoms with Gasteiger partial charge in [-0.15, -0.1) is 11.3 Å². The van der Waals surface area contributed by atoms with Gasteiger partial charge >= 0.3 is 6.01 Å². The number of rotatable bonds is 5. The monoisotopic (exact) mass is 392 g/mol. The number of hydrogen-bond acceptors (Lipinski definition) is 5. The van der Waals surface area contributed by atoms with Crippen molar-refractivity contribution in [1.82, 2.24) is 9.55 Å². The maximum atomic E-state index is 12.9. The first kappa shape index (κ1) is 18.3. The number of thiophene rings is 1. The van der Waals surface area contributed by atoms with Crippen molar-refractivity contribution in [3.63, 3.8) is 0 Å². The van der Waals surface area contributed by atoms with Crippen molar-refractivity contribution < 1.29 is 9.47 Å². The van der Waals surface area contributed by atoms with Crippen LogP contribution in [0.5, 0.6) is 17.5 Å². The van der Waals surface area contributed by atoms with Crippen molar-refractivity contribution in [1.29, 1.82) is 0 Å². The second-order valence-electron chi connectivity index (χ2n) is 6.38. The van der Waals surface area contributed by atoms with Gasteiger partial charge in [0.25, 0.3) is 5.56 Å². The molecule has 0 saturated carbocycles. The zero-order valence-electron chi connectivity index (χ0n) is 15.9. The van der Waals surface area contributed by atoms with Crippen LogP contribution in [-0.4, -0.2) is 16.7 Å². The number of para-hydroxylation sites is 1. The predicted octanol–water partition coefficient (Wildman–Crippen LogP) is 5.03. The van der Waals surface area contributed by atoms with E-state index in [-0.39, 0.29) is 11.6 Å². The summed E-state index contributed by atoms with van der Waals surface area (Å²) in [6, 6.07) is 17.8. The molecule has 0 aliphatic carbocycles. The lowest BCUT2D eigenvalue weighted by Crippen LogP contribution is -2.18. The molecule has 2 aromatic heterocycles. The second kappa shape index (κ2) is 7.48. The van der Waals surface area contributed by atoms with Gasteiger partial charge in [0.2, 0.25) is 0 Å². The average molecular weight is 392 g/mol. The Bertz CT molecular complexity index is 1210. The fraction of sp³-hybridized carbons (Fsp3) is 0.182. The Labute approximate surface area is 166 Å². The van der Waals surface area contributed by atoms with Crippen molar-refractivity contribution in [2.24, 2.45) is 7.05 Å². The summed E-state index contributed by atoms with van der Waals surface area (Å²) in [5.74, 6) is 1.49. The van der Waals surface area contributed by atoms with E-state index in [0.29, 0.717) is 10.2 Å². The van der Waals surface area contributed by atoms with Crippen molar-refractivity contribution in [2.75, 3.05) is 7.11 Å². The zero-order valence-corrected chi connectivity index (χ0v) is 16.7. The molecule has 0 amide bonds. The fourth-order valence-corrected chi connectivity index (χ4v) is 4.11. The molecule has 0 aliphatic heterocycles. The third kappa shape index (κ3) is 3.27. The maximum absolute atomic E-state index is 12.9. The van der Waals surface area contributed by atoms with Crippen LogP contribution >= 0.6 is 11.3 Å². The minimum absolute atomic E-state index is 0.117. The van der Waals surface area contributed by atoms with Gasteiger partial charge in [0.1, 0.15) is 16.2 Å². The summed E-state index contributed by atoms with van der Waals surface area (Å²) in [4.78, 5) is 18.5. The second-order valence-corrected chi connectivity index (χ2v) is 7.43. The van der Waals surface area contributed by atoms with E-state index in [4.69, 9.17) is 9.47 Å². The number of ether oxygens (including phenoxy) is 2. The Morgan fingerprint density at radius 3 is 2.71 bits per heavy atom. The van der Waals surface area contributed by atoms with Gasteiger partial charge in [-0.2, -0.15) is 4.98 Å². The van der Waals surface area contributed by atoms with E-state index >= 15 is 0 Å². The molecule has 0 radical (unpaired) electrons. The van der Waals surface area contributed by atoms with E-state index in [9.17, 15) is 4.79 Å². The summed E-state index contributed by atoms with van der Waals surface area (Å²) in [5, 5.41) is 0. The van der Waals surface area contributed by atoms with Gasteiger partial charge in [-0.05, 0) is 41.8 Å². The van der Waals surface area contributed by atoms with Crippen LogP contribution in [0.2, 0.25) is 0 Å².